The summed E-state index contributed by atoms with van der Waals surface area (Å²) in [4.78, 5) is 63.7. The molecule has 4 rings (SSSR count). The van der Waals surface area contributed by atoms with Crippen molar-refractivity contribution in [2.45, 2.75) is 88.7 Å². The SMILES string of the molecule is C[C@]12C=CC(=O)C=C1CCC1C3C[C@@H](O)[C@](O)(C(=O)COC(=O)CNC(=O)OCCCCCCO[N+](=O)[O-])[C@@]3(C)C[C@H](O)[C@@]12F. The van der Waals surface area contributed by atoms with Crippen LogP contribution >= 0.6 is 0 Å². The van der Waals surface area contributed by atoms with Crippen LogP contribution < -0.4 is 5.32 Å². The number of carbonyl (C=O) groups excluding carboxylic acids is 4. The number of aliphatic hydroxyl groups is 3. The van der Waals surface area contributed by atoms with E-state index < -0.39 is 82.2 Å². The molecule has 0 spiro atoms. The summed E-state index contributed by atoms with van der Waals surface area (Å²) in [6.45, 7) is 1.62. The summed E-state index contributed by atoms with van der Waals surface area (Å²) in [5, 5.41) is 45.5. The van der Waals surface area contributed by atoms with E-state index in [-0.39, 0.29) is 38.3 Å². The van der Waals surface area contributed by atoms with Crippen LogP contribution in [-0.2, 0) is 28.7 Å². The molecule has 0 aromatic carbocycles. The Balaban J connectivity index is 1.30. The Labute approximate surface area is 259 Å². The molecule has 0 radical (unpaired) electrons. The van der Waals surface area contributed by atoms with E-state index in [0.29, 0.717) is 37.7 Å². The van der Waals surface area contributed by atoms with E-state index in [1.165, 1.54) is 25.2 Å². The average molecular weight is 641 g/mol. The molecule has 0 aromatic rings. The number of esters is 1. The lowest BCUT2D eigenvalue weighted by Crippen LogP contribution is -2.69. The van der Waals surface area contributed by atoms with Crippen LogP contribution in [0, 0.1) is 32.8 Å². The molecule has 15 heteroatoms. The lowest BCUT2D eigenvalue weighted by Gasteiger charge is -2.62. The molecule has 0 aromatic heterocycles. The molecule has 4 aliphatic carbocycles. The van der Waals surface area contributed by atoms with Gasteiger partial charge in [-0.1, -0.05) is 25.0 Å². The molecule has 45 heavy (non-hydrogen) atoms. The van der Waals surface area contributed by atoms with Gasteiger partial charge in [0.25, 0.3) is 5.09 Å². The van der Waals surface area contributed by atoms with Gasteiger partial charge >= 0.3 is 12.1 Å². The molecule has 4 N–H and O–H groups in total. The molecule has 0 aliphatic heterocycles. The van der Waals surface area contributed by atoms with Gasteiger partial charge in [0.2, 0.25) is 5.78 Å². The molecule has 14 nitrogen and oxygen atoms in total. The largest absolute Gasteiger partial charge is 0.456 e. The lowest BCUT2D eigenvalue weighted by atomic mass is 9.44. The number of ketones is 2. The van der Waals surface area contributed by atoms with Crippen molar-refractivity contribution in [2.75, 3.05) is 26.4 Å². The van der Waals surface area contributed by atoms with Crippen LogP contribution in [0.25, 0.3) is 0 Å². The maximum atomic E-state index is 17.2. The summed E-state index contributed by atoms with van der Waals surface area (Å²) >= 11 is 0. The second-order valence-electron chi connectivity index (χ2n) is 12.8. The van der Waals surface area contributed by atoms with Gasteiger partial charge in [-0.2, -0.15) is 0 Å². The van der Waals surface area contributed by atoms with Gasteiger partial charge < -0.3 is 34.9 Å². The van der Waals surface area contributed by atoms with E-state index in [1.807, 2.05) is 0 Å². The number of halogens is 1. The Morgan fingerprint density at radius 1 is 1.09 bits per heavy atom. The number of rotatable bonds is 13. The van der Waals surface area contributed by atoms with Crippen LogP contribution in [-0.4, -0.2) is 93.9 Å². The number of nitrogens with zero attached hydrogens (tertiary/aromatic N) is 1. The fourth-order valence-electron chi connectivity index (χ4n) is 8.09. The molecule has 250 valence electrons. The normalized spacial score (nSPS) is 36.6. The van der Waals surface area contributed by atoms with Crippen LogP contribution in [0.15, 0.2) is 23.8 Å². The molecule has 4 aliphatic rings. The lowest BCUT2D eigenvalue weighted by molar-refractivity contribution is -0.757. The predicted octanol–water partition coefficient (Wildman–Crippen LogP) is 1.67. The van der Waals surface area contributed by atoms with Crippen molar-refractivity contribution in [3.63, 3.8) is 0 Å². The van der Waals surface area contributed by atoms with Crippen LogP contribution in [0.3, 0.4) is 0 Å². The van der Waals surface area contributed by atoms with Crippen molar-refractivity contribution in [1.29, 1.82) is 0 Å². The third-order valence-electron chi connectivity index (χ3n) is 10.5. The van der Waals surface area contributed by atoms with Crippen LogP contribution in [0.2, 0.25) is 0 Å². The first-order valence-electron chi connectivity index (χ1n) is 15.2. The van der Waals surface area contributed by atoms with E-state index in [4.69, 9.17) is 9.47 Å². The summed E-state index contributed by atoms with van der Waals surface area (Å²) in [5.74, 6) is -3.83. The molecule has 8 atom stereocenters. The number of nitrogens with one attached hydrogen (secondary N) is 1. The summed E-state index contributed by atoms with van der Waals surface area (Å²) in [5.41, 5.74) is -6.82. The Kier molecular flexibility index (Phi) is 10.0. The molecular weight excluding hydrogens is 599 g/mol. The van der Waals surface area contributed by atoms with Gasteiger partial charge in [0.05, 0.1) is 25.4 Å². The maximum Gasteiger partial charge on any atom is 0.407 e. The van der Waals surface area contributed by atoms with Crippen molar-refractivity contribution in [2.24, 2.45) is 22.7 Å². The standard InChI is InChI=1S/C30H41FN2O12/c1-27-10-9-19(34)13-18(27)7-8-20-21-14-22(35)30(40,28(21,2)15-23(36)29(20,27)31)24(37)17-44-25(38)16-32-26(39)43-11-5-3-4-6-12-45-33(41)42/h9-10,13,20-23,35-36,40H,3-8,11-12,14-17H2,1-2H3,(H,32,39)/t20?,21?,22-,23+,27+,28+,29+,30+/m1/s1. The second kappa shape index (κ2) is 13.1. The zero-order valence-corrected chi connectivity index (χ0v) is 25.4. The quantitative estimate of drug-likeness (QED) is 0.0980. The summed E-state index contributed by atoms with van der Waals surface area (Å²) < 4.78 is 27.1. The van der Waals surface area contributed by atoms with Gasteiger partial charge in [-0.05, 0) is 69.9 Å². The van der Waals surface area contributed by atoms with Crippen molar-refractivity contribution < 1.29 is 58.3 Å². The fourth-order valence-corrected chi connectivity index (χ4v) is 8.09. The van der Waals surface area contributed by atoms with Crippen molar-refractivity contribution in [3.05, 3.63) is 33.9 Å². The monoisotopic (exact) mass is 640 g/mol. The van der Waals surface area contributed by atoms with E-state index >= 15 is 4.39 Å². The smallest absolute Gasteiger partial charge is 0.407 e. The molecule has 3 fully saturated rings. The number of amides is 1. The van der Waals surface area contributed by atoms with Gasteiger partial charge in [0.15, 0.2) is 23.7 Å². The predicted molar refractivity (Wildman–Crippen MR) is 151 cm³/mol. The minimum Gasteiger partial charge on any atom is -0.456 e. The summed E-state index contributed by atoms with van der Waals surface area (Å²) in [6.07, 6.45) is 2.36. The number of aliphatic hydroxyl groups excluding tert-OH is 2. The topological polar surface area (TPSA) is 212 Å². The van der Waals surface area contributed by atoms with E-state index in [0.717, 1.165) is 0 Å². The van der Waals surface area contributed by atoms with E-state index in [9.17, 15) is 44.6 Å². The number of hydrogen-bond acceptors (Lipinski definition) is 12. The average Bonchev–Trinajstić information content (AvgIpc) is 3.18. The van der Waals surface area contributed by atoms with E-state index in [1.54, 1.807) is 6.92 Å². The highest BCUT2D eigenvalue weighted by atomic mass is 19.1. The first kappa shape index (κ1) is 34.4. The third-order valence-corrected chi connectivity index (χ3v) is 10.5. The van der Waals surface area contributed by atoms with Gasteiger partial charge in [0, 0.05) is 16.7 Å². The fraction of sp³-hybridized carbons (Fsp3) is 0.733. The van der Waals surface area contributed by atoms with E-state index in [2.05, 4.69) is 10.2 Å². The number of fused-ring (bicyclic) bond motifs is 5. The van der Waals surface area contributed by atoms with Gasteiger partial charge in [-0.25, -0.2) is 9.18 Å². The number of hydrogen-bond donors (Lipinski definition) is 4. The number of Topliss-reactive ketones (excluding diaryl/α,β-unsaturated/α-hetero) is 1. The molecule has 3 saturated carbocycles. The third kappa shape index (κ3) is 6.09. The minimum absolute atomic E-state index is 0.0180. The molecule has 2 unspecified atom stereocenters. The number of carbonyl (C=O) groups is 4. The maximum absolute atomic E-state index is 17.2. The zero-order chi connectivity index (χ0) is 33.2. The van der Waals surface area contributed by atoms with Gasteiger partial charge in [-0.15, -0.1) is 10.1 Å². The second-order valence-corrected chi connectivity index (χ2v) is 12.8. The minimum atomic E-state index is -2.45. The Morgan fingerprint density at radius 2 is 1.78 bits per heavy atom. The van der Waals surface area contributed by atoms with Crippen molar-refractivity contribution >= 4 is 23.6 Å². The number of ether oxygens (including phenoxy) is 2. The van der Waals surface area contributed by atoms with Crippen LogP contribution in [0.5, 0.6) is 0 Å². The van der Waals surface area contributed by atoms with Crippen molar-refractivity contribution in [1.82, 2.24) is 5.32 Å². The Bertz CT molecular complexity index is 1270. The molecular formula is C30H41FN2O12. The highest BCUT2D eigenvalue weighted by molar-refractivity contribution is 6.01. The molecule has 0 heterocycles. The highest BCUT2D eigenvalue weighted by Crippen LogP contribution is 2.69. The first-order valence-corrected chi connectivity index (χ1v) is 15.2. The summed E-state index contributed by atoms with van der Waals surface area (Å²) in [7, 11) is 0. The molecule has 1 amide bonds. The van der Waals surface area contributed by atoms with Crippen molar-refractivity contribution in [3.8, 4) is 0 Å². The number of alkyl halides is 1. The number of unbranched alkanes of at least 4 members (excludes halogenated alkanes) is 3. The molecule has 0 saturated heterocycles. The van der Waals surface area contributed by atoms with Gasteiger partial charge in [0.1, 0.15) is 6.54 Å². The first-order chi connectivity index (χ1) is 21.1. The van der Waals surface area contributed by atoms with Crippen LogP contribution in [0.4, 0.5) is 9.18 Å². The van der Waals surface area contributed by atoms with Gasteiger partial charge in [-0.3, -0.25) is 14.4 Å². The number of alkyl carbamates (subject to hydrolysis) is 1. The highest BCUT2D eigenvalue weighted by Gasteiger charge is 2.76. The Hall–Kier alpha value is -3.43. The van der Waals surface area contributed by atoms with Crippen LogP contribution in [0.1, 0.15) is 65.2 Å². The molecule has 0 bridgehead atoms. The Morgan fingerprint density at radius 3 is 2.47 bits per heavy atom. The summed E-state index contributed by atoms with van der Waals surface area (Å²) in [6, 6.07) is 0. The number of allylic oxidation sites excluding steroid dienone is 4. The zero-order valence-electron chi connectivity index (χ0n) is 25.4.